The van der Waals surface area contributed by atoms with E-state index in [1.165, 1.54) is 42.6 Å². The molecule has 216 valence electrons. The highest BCUT2D eigenvalue weighted by Gasteiger charge is 2.17. The summed E-state index contributed by atoms with van der Waals surface area (Å²) in [4.78, 5) is 30.4. The second kappa shape index (κ2) is 11.4. The zero-order valence-corrected chi connectivity index (χ0v) is 22.3. The van der Waals surface area contributed by atoms with Gasteiger partial charge in [0.05, 0.1) is 34.2 Å². The molecule has 9 nitrogen and oxygen atoms in total. The topological polar surface area (TPSA) is 108 Å². The molecule has 0 unspecified atom stereocenters. The highest BCUT2D eigenvalue weighted by atomic mass is 19.3. The lowest BCUT2D eigenvalue weighted by atomic mass is 10.0. The lowest BCUT2D eigenvalue weighted by Gasteiger charge is -2.10. The third-order valence-corrected chi connectivity index (χ3v) is 6.64. The molecule has 0 atom stereocenters. The number of aromatic nitrogens is 6. The number of hydrogen-bond acceptors (Lipinski definition) is 7. The normalized spacial score (nSPS) is 11.2. The van der Waals surface area contributed by atoms with Gasteiger partial charge in [0.1, 0.15) is 29.9 Å². The van der Waals surface area contributed by atoms with Gasteiger partial charge >= 0.3 is 5.97 Å². The Morgan fingerprint density at radius 2 is 1.77 bits per heavy atom. The second-order valence-electron chi connectivity index (χ2n) is 9.59. The Kier molecular flexibility index (Phi) is 7.28. The van der Waals surface area contributed by atoms with Gasteiger partial charge in [0.15, 0.2) is 0 Å². The Labute approximate surface area is 240 Å². The molecule has 0 saturated heterocycles. The van der Waals surface area contributed by atoms with Crippen LogP contribution >= 0.6 is 0 Å². The largest absolute Gasteiger partial charge is 0.473 e. The summed E-state index contributed by atoms with van der Waals surface area (Å²) in [7, 11) is 1.75. The Balaban J connectivity index is 1.17. The van der Waals surface area contributed by atoms with Gasteiger partial charge in [-0.1, -0.05) is 6.07 Å². The van der Waals surface area contributed by atoms with E-state index in [9.17, 15) is 13.7 Å². The van der Waals surface area contributed by atoms with Crippen LogP contribution in [0.15, 0.2) is 73.2 Å². The fourth-order valence-electron chi connectivity index (χ4n) is 4.49. The Morgan fingerprint density at radius 1 is 0.930 bits per heavy atom. The first kappa shape index (κ1) is 27.6. The monoisotopic (exact) mass is 588 g/mol. The van der Waals surface area contributed by atoms with Crippen molar-refractivity contribution in [1.29, 1.82) is 0 Å². The van der Waals surface area contributed by atoms with Crippen LogP contribution in [0.3, 0.4) is 0 Å². The molecule has 0 radical (unpaired) electrons. The number of imidazole rings is 1. The van der Waals surface area contributed by atoms with Crippen molar-refractivity contribution in [3.8, 4) is 28.4 Å². The van der Waals surface area contributed by atoms with Crippen molar-refractivity contribution in [3.05, 3.63) is 113 Å². The number of nitrogens with zero attached hydrogens (tertiary/aromatic N) is 5. The summed E-state index contributed by atoms with van der Waals surface area (Å²) < 4.78 is 64.5. The first-order valence-electron chi connectivity index (χ1n) is 12.8. The van der Waals surface area contributed by atoms with Gasteiger partial charge in [-0.25, -0.2) is 32.9 Å². The minimum absolute atomic E-state index is 0.0220. The van der Waals surface area contributed by atoms with Crippen molar-refractivity contribution in [1.82, 2.24) is 29.7 Å². The van der Waals surface area contributed by atoms with E-state index in [0.717, 1.165) is 12.1 Å². The van der Waals surface area contributed by atoms with Crippen molar-refractivity contribution < 1.29 is 32.2 Å². The van der Waals surface area contributed by atoms with Crippen molar-refractivity contribution in [2.45, 2.75) is 13.0 Å². The number of pyridine rings is 2. The fraction of sp³-hybridized carbons (Fsp3) is 0.100. The Morgan fingerprint density at radius 3 is 2.53 bits per heavy atom. The molecular weight excluding hydrogens is 568 g/mol. The number of fused-ring (bicyclic) bond motifs is 1. The summed E-state index contributed by atoms with van der Waals surface area (Å²) in [5, 5.41) is 4.05. The van der Waals surface area contributed by atoms with Crippen LogP contribution in [0.4, 0.5) is 17.7 Å². The third-order valence-electron chi connectivity index (χ3n) is 6.64. The number of ether oxygens (including phenoxy) is 1. The lowest BCUT2D eigenvalue weighted by Crippen LogP contribution is -2.02. The number of rotatable bonds is 8. The van der Waals surface area contributed by atoms with Gasteiger partial charge in [-0.3, -0.25) is 9.67 Å². The van der Waals surface area contributed by atoms with Crippen LogP contribution in [-0.2, 0) is 25.0 Å². The van der Waals surface area contributed by atoms with Crippen LogP contribution < -0.4 is 4.74 Å². The average molecular weight is 589 g/mol. The van der Waals surface area contributed by atoms with Gasteiger partial charge in [-0.2, -0.15) is 5.10 Å². The molecule has 13 heteroatoms. The lowest BCUT2D eigenvalue weighted by molar-refractivity contribution is -0.0787. The minimum atomic E-state index is -1.16. The summed E-state index contributed by atoms with van der Waals surface area (Å²) in [6, 6.07) is 12.1. The van der Waals surface area contributed by atoms with Crippen LogP contribution in [0.2, 0.25) is 0 Å². The molecule has 1 N–H and O–H groups in total. The molecule has 6 rings (SSSR count). The highest BCUT2D eigenvalue weighted by molar-refractivity contribution is 5.93. The molecule has 0 aliphatic rings. The molecule has 4 aromatic heterocycles. The fourth-order valence-corrected chi connectivity index (χ4v) is 4.49. The molecule has 43 heavy (non-hydrogen) atoms. The van der Waals surface area contributed by atoms with Crippen LogP contribution in [0.25, 0.3) is 33.5 Å². The predicted molar refractivity (Wildman–Crippen MR) is 146 cm³/mol. The van der Waals surface area contributed by atoms with E-state index >= 15 is 8.78 Å². The van der Waals surface area contributed by atoms with Gasteiger partial charge in [-0.05, 0) is 42.0 Å². The van der Waals surface area contributed by atoms with Crippen LogP contribution in [0, 0.1) is 17.5 Å². The van der Waals surface area contributed by atoms with Crippen molar-refractivity contribution in [2.24, 2.45) is 7.05 Å². The first-order valence-corrected chi connectivity index (χ1v) is 12.8. The van der Waals surface area contributed by atoms with Gasteiger partial charge in [-0.15, -0.1) is 0 Å². The standard InChI is InChI=1S/C30H20F4N6O3/c1-40-14-18(13-36-40)26-11-22(32)19(12-35-26)15-42-29-4-2-3-24(39-29)20-10-21(31)17(7-23(20)33)9-28-37-25-6-5-16(30(41)43-34)8-27(25)38-28/h2-8,10-14H,9,15H2,1H3,(H,37,38). The van der Waals surface area contributed by atoms with E-state index in [1.54, 1.807) is 30.2 Å². The van der Waals surface area contributed by atoms with Crippen LogP contribution in [0.1, 0.15) is 27.3 Å². The smallest absolute Gasteiger partial charge is 0.379 e. The predicted octanol–water partition coefficient (Wildman–Crippen LogP) is 6.05. The molecule has 0 aliphatic heterocycles. The maximum Gasteiger partial charge on any atom is 0.379 e. The zero-order chi connectivity index (χ0) is 30.1. The van der Waals surface area contributed by atoms with Crippen LogP contribution in [0.5, 0.6) is 5.88 Å². The summed E-state index contributed by atoms with van der Waals surface area (Å²) in [6.45, 7) is -0.188. The number of benzene rings is 2. The summed E-state index contributed by atoms with van der Waals surface area (Å²) >= 11 is 0. The maximum absolute atomic E-state index is 15.2. The van der Waals surface area contributed by atoms with E-state index < -0.39 is 23.4 Å². The van der Waals surface area contributed by atoms with Crippen molar-refractivity contribution in [2.75, 3.05) is 0 Å². The molecule has 0 amide bonds. The van der Waals surface area contributed by atoms with E-state index in [2.05, 4.69) is 30.0 Å². The van der Waals surface area contributed by atoms with Crippen molar-refractivity contribution >= 4 is 17.0 Å². The van der Waals surface area contributed by atoms with E-state index in [-0.39, 0.29) is 46.9 Å². The van der Waals surface area contributed by atoms with Gasteiger partial charge < -0.3 is 9.72 Å². The molecule has 4 heterocycles. The Hall–Kier alpha value is -5.59. The molecule has 0 spiro atoms. The van der Waals surface area contributed by atoms with Crippen LogP contribution in [-0.4, -0.2) is 35.7 Å². The number of nitrogens with one attached hydrogen (secondary N) is 1. The first-order chi connectivity index (χ1) is 20.8. The van der Waals surface area contributed by atoms with Gasteiger partial charge in [0, 0.05) is 59.2 Å². The molecule has 0 fully saturated rings. The molecule has 0 saturated carbocycles. The average Bonchev–Trinajstić information content (AvgIpc) is 3.63. The number of carbonyl (C=O) groups is 1. The van der Waals surface area contributed by atoms with E-state index in [0.29, 0.717) is 28.1 Å². The number of aromatic amines is 1. The van der Waals surface area contributed by atoms with Gasteiger partial charge in [0.25, 0.3) is 0 Å². The molecule has 0 aliphatic carbocycles. The molecule has 0 bridgehead atoms. The Bertz CT molecular complexity index is 1990. The van der Waals surface area contributed by atoms with Gasteiger partial charge in [0.2, 0.25) is 5.88 Å². The van der Waals surface area contributed by atoms with Crippen molar-refractivity contribution in [3.63, 3.8) is 0 Å². The van der Waals surface area contributed by atoms with E-state index in [4.69, 9.17) is 4.74 Å². The molecule has 2 aromatic carbocycles. The number of halogens is 4. The number of H-pyrrole nitrogens is 1. The third kappa shape index (κ3) is 5.77. The maximum atomic E-state index is 15.2. The number of carbonyl (C=O) groups excluding carboxylic acids is 1. The molecular formula is C30H20F4N6O3. The number of hydrogen-bond donors (Lipinski definition) is 1. The second-order valence-corrected chi connectivity index (χ2v) is 9.59. The number of aryl methyl sites for hydroxylation is 1. The minimum Gasteiger partial charge on any atom is -0.473 e. The zero-order valence-electron chi connectivity index (χ0n) is 22.3. The summed E-state index contributed by atoms with van der Waals surface area (Å²) in [5.74, 6) is -2.74. The molecule has 6 aromatic rings. The van der Waals surface area contributed by atoms with E-state index in [1.807, 2.05) is 0 Å². The SMILES string of the molecule is Cn1cc(-c2cc(F)c(COc3cccc(-c4cc(F)c(Cc5nc6ccc(C(=O)OF)cc6[nH]5)cc4F)n3)cn2)cn1. The highest BCUT2D eigenvalue weighted by Crippen LogP contribution is 2.28. The summed E-state index contributed by atoms with van der Waals surface area (Å²) in [6.07, 6.45) is 4.56. The quantitative estimate of drug-likeness (QED) is 0.216. The summed E-state index contributed by atoms with van der Waals surface area (Å²) in [5.41, 5.74) is 2.12.